The first kappa shape index (κ1) is 11.6. The number of benzene rings is 3. The van der Waals surface area contributed by atoms with Crippen LogP contribution in [0.15, 0.2) is 71.3 Å². The van der Waals surface area contributed by atoms with Gasteiger partial charge in [0.25, 0.3) is 0 Å². The number of furan rings is 1. The van der Waals surface area contributed by atoms with E-state index in [1.165, 1.54) is 10.8 Å². The molecule has 0 aliphatic carbocycles. The summed E-state index contributed by atoms with van der Waals surface area (Å²) in [6.07, 6.45) is 1.73. The van der Waals surface area contributed by atoms with Gasteiger partial charge in [-0.2, -0.15) is 0 Å². The van der Waals surface area contributed by atoms with Crippen LogP contribution in [0.25, 0.3) is 32.9 Å². The van der Waals surface area contributed by atoms with Gasteiger partial charge in [0, 0.05) is 16.0 Å². The van der Waals surface area contributed by atoms with E-state index in [0.717, 1.165) is 27.1 Å². The Labute approximate surface area is 121 Å². The van der Waals surface area contributed by atoms with Crippen LogP contribution in [0, 0.1) is 0 Å². The summed E-state index contributed by atoms with van der Waals surface area (Å²) in [6, 6.07) is 20.4. The second-order valence-corrected chi connectivity index (χ2v) is 5.22. The molecule has 0 aliphatic heterocycles. The second kappa shape index (κ2) is 4.39. The van der Waals surface area contributed by atoms with Crippen LogP contribution in [0.1, 0.15) is 0 Å². The molecule has 0 radical (unpaired) electrons. The van der Waals surface area contributed by atoms with Gasteiger partial charge in [-0.3, -0.25) is 0 Å². The van der Waals surface area contributed by atoms with Crippen molar-refractivity contribution in [1.29, 1.82) is 0 Å². The van der Waals surface area contributed by atoms with Crippen LogP contribution in [0.5, 0.6) is 0 Å². The monoisotopic (exact) mass is 278 g/mol. The molecule has 1 aromatic heterocycles. The van der Waals surface area contributed by atoms with Crippen LogP contribution in [0.4, 0.5) is 0 Å². The fraction of sp³-hybridized carbons (Fsp3) is 0. The third-order valence-corrected chi connectivity index (χ3v) is 3.97. The van der Waals surface area contributed by atoms with Crippen molar-refractivity contribution in [1.82, 2.24) is 0 Å². The minimum Gasteiger partial charge on any atom is -0.464 e. The average Bonchev–Trinajstić information content (AvgIpc) is 2.96. The Morgan fingerprint density at radius 1 is 0.800 bits per heavy atom. The Balaban J connectivity index is 2.00. The molecule has 0 atom stereocenters. The molecule has 0 unspecified atom stereocenters. The van der Waals surface area contributed by atoms with Gasteiger partial charge in [-0.1, -0.05) is 48.0 Å². The largest absolute Gasteiger partial charge is 0.464 e. The van der Waals surface area contributed by atoms with E-state index in [2.05, 4.69) is 24.3 Å². The molecule has 0 fully saturated rings. The lowest BCUT2D eigenvalue weighted by molar-refractivity contribution is 0.616. The number of halogens is 1. The van der Waals surface area contributed by atoms with Crippen LogP contribution in [-0.4, -0.2) is 0 Å². The molecule has 2 heteroatoms. The molecule has 0 amide bonds. The fourth-order valence-corrected chi connectivity index (χ4v) is 2.89. The van der Waals surface area contributed by atoms with Gasteiger partial charge in [0.1, 0.15) is 5.58 Å². The highest BCUT2D eigenvalue weighted by atomic mass is 35.5. The maximum absolute atomic E-state index is 6.27. The lowest BCUT2D eigenvalue weighted by atomic mass is 9.99. The van der Waals surface area contributed by atoms with Crippen LogP contribution >= 0.6 is 11.6 Å². The molecule has 0 spiro atoms. The number of rotatable bonds is 1. The zero-order valence-electron chi connectivity index (χ0n) is 10.6. The summed E-state index contributed by atoms with van der Waals surface area (Å²) in [6.45, 7) is 0. The lowest BCUT2D eigenvalue weighted by Gasteiger charge is -2.06. The van der Waals surface area contributed by atoms with Crippen molar-refractivity contribution in [2.45, 2.75) is 0 Å². The molecular weight excluding hydrogens is 268 g/mol. The standard InChI is InChI=1S/C18H11ClO/c19-17-4-2-1-3-15(17)13-5-7-14-12(11-13)6-8-18-16(14)9-10-20-18/h1-11H. The molecule has 96 valence electrons. The van der Waals surface area contributed by atoms with Crippen molar-refractivity contribution in [3.8, 4) is 11.1 Å². The predicted octanol–water partition coefficient (Wildman–Crippen LogP) is 5.91. The quantitative estimate of drug-likeness (QED) is 0.422. The van der Waals surface area contributed by atoms with Crippen molar-refractivity contribution in [2.24, 2.45) is 0 Å². The SMILES string of the molecule is Clc1ccccc1-c1ccc2c(ccc3occc32)c1. The van der Waals surface area contributed by atoms with E-state index in [1.54, 1.807) is 6.26 Å². The van der Waals surface area contributed by atoms with E-state index in [4.69, 9.17) is 16.0 Å². The van der Waals surface area contributed by atoms with Gasteiger partial charge in [-0.25, -0.2) is 0 Å². The summed E-state index contributed by atoms with van der Waals surface area (Å²) < 4.78 is 5.44. The molecule has 0 saturated heterocycles. The van der Waals surface area contributed by atoms with E-state index in [1.807, 2.05) is 36.4 Å². The normalized spacial score (nSPS) is 11.2. The fourth-order valence-electron chi connectivity index (χ4n) is 2.65. The van der Waals surface area contributed by atoms with Crippen molar-refractivity contribution < 1.29 is 4.42 Å². The minimum absolute atomic E-state index is 0.774. The maximum Gasteiger partial charge on any atom is 0.134 e. The summed E-state index contributed by atoms with van der Waals surface area (Å²) >= 11 is 6.27. The molecular formula is C18H11ClO. The number of hydrogen-bond acceptors (Lipinski definition) is 1. The predicted molar refractivity (Wildman–Crippen MR) is 84.2 cm³/mol. The molecule has 1 nitrogen and oxygen atoms in total. The van der Waals surface area contributed by atoms with Gasteiger partial charge in [-0.15, -0.1) is 0 Å². The van der Waals surface area contributed by atoms with Gasteiger partial charge in [0.2, 0.25) is 0 Å². The average molecular weight is 279 g/mol. The van der Waals surface area contributed by atoms with Crippen LogP contribution in [-0.2, 0) is 0 Å². The van der Waals surface area contributed by atoms with Crippen molar-refractivity contribution in [2.75, 3.05) is 0 Å². The number of hydrogen-bond donors (Lipinski definition) is 0. The van der Waals surface area contributed by atoms with E-state index in [0.29, 0.717) is 0 Å². The third-order valence-electron chi connectivity index (χ3n) is 3.64. The highest BCUT2D eigenvalue weighted by molar-refractivity contribution is 6.33. The second-order valence-electron chi connectivity index (χ2n) is 4.81. The topological polar surface area (TPSA) is 13.1 Å². The summed E-state index contributed by atoms with van der Waals surface area (Å²) in [5.41, 5.74) is 3.11. The molecule has 4 rings (SSSR count). The maximum atomic E-state index is 6.27. The zero-order valence-corrected chi connectivity index (χ0v) is 11.4. The molecule has 0 N–H and O–H groups in total. The molecule has 20 heavy (non-hydrogen) atoms. The minimum atomic E-state index is 0.774. The van der Waals surface area contributed by atoms with Gasteiger partial charge in [0.05, 0.1) is 6.26 Å². The highest BCUT2D eigenvalue weighted by Gasteiger charge is 2.06. The zero-order chi connectivity index (χ0) is 13.5. The molecule has 3 aromatic carbocycles. The van der Waals surface area contributed by atoms with Gasteiger partial charge < -0.3 is 4.42 Å². The molecule has 0 saturated carbocycles. The Hall–Kier alpha value is -2.25. The van der Waals surface area contributed by atoms with Crippen LogP contribution in [0.3, 0.4) is 0 Å². The molecule has 0 aliphatic rings. The smallest absolute Gasteiger partial charge is 0.134 e. The third kappa shape index (κ3) is 1.71. The van der Waals surface area contributed by atoms with E-state index in [-0.39, 0.29) is 0 Å². The Morgan fingerprint density at radius 3 is 2.60 bits per heavy atom. The summed E-state index contributed by atoms with van der Waals surface area (Å²) in [4.78, 5) is 0. The van der Waals surface area contributed by atoms with E-state index in [9.17, 15) is 0 Å². The summed E-state index contributed by atoms with van der Waals surface area (Å²) in [5.74, 6) is 0. The molecule has 0 bridgehead atoms. The van der Waals surface area contributed by atoms with E-state index >= 15 is 0 Å². The Kier molecular flexibility index (Phi) is 2.54. The van der Waals surface area contributed by atoms with Gasteiger partial charge in [-0.05, 0) is 40.6 Å². The Bertz CT molecular complexity index is 921. The first-order valence-corrected chi connectivity index (χ1v) is 6.85. The summed E-state index contributed by atoms with van der Waals surface area (Å²) in [7, 11) is 0. The first-order chi connectivity index (χ1) is 9.83. The molecule has 1 heterocycles. The highest BCUT2D eigenvalue weighted by Crippen LogP contribution is 2.32. The van der Waals surface area contributed by atoms with E-state index < -0.39 is 0 Å². The first-order valence-electron chi connectivity index (χ1n) is 6.48. The van der Waals surface area contributed by atoms with Crippen molar-refractivity contribution in [3.05, 3.63) is 71.9 Å². The Morgan fingerprint density at radius 2 is 1.70 bits per heavy atom. The lowest BCUT2D eigenvalue weighted by Crippen LogP contribution is -1.81. The van der Waals surface area contributed by atoms with Gasteiger partial charge >= 0.3 is 0 Å². The van der Waals surface area contributed by atoms with Crippen LogP contribution < -0.4 is 0 Å². The van der Waals surface area contributed by atoms with Crippen molar-refractivity contribution >= 4 is 33.3 Å². The summed E-state index contributed by atoms with van der Waals surface area (Å²) in [5, 5.41) is 4.31. The van der Waals surface area contributed by atoms with Crippen LogP contribution in [0.2, 0.25) is 5.02 Å². The number of fused-ring (bicyclic) bond motifs is 3. The van der Waals surface area contributed by atoms with Crippen molar-refractivity contribution in [3.63, 3.8) is 0 Å². The van der Waals surface area contributed by atoms with Gasteiger partial charge in [0.15, 0.2) is 0 Å². The molecule has 4 aromatic rings.